The van der Waals surface area contributed by atoms with Gasteiger partial charge in [0.05, 0.1) is 0 Å². The standard InChI is InChI=1S/2C4H5NOS/c2*1-3-2-5-4(7)6-3/h2*2H,1H3,(H,5,7). The van der Waals surface area contributed by atoms with Crippen molar-refractivity contribution >= 4 is 24.4 Å². The minimum atomic E-state index is 0.442. The molecule has 2 N–H and O–H groups in total. The first-order valence-corrected chi connectivity index (χ1v) is 4.70. The summed E-state index contributed by atoms with van der Waals surface area (Å²) < 4.78 is 9.69. The topological polar surface area (TPSA) is 57.9 Å². The van der Waals surface area contributed by atoms with Crippen molar-refractivity contribution in [3.05, 3.63) is 33.6 Å². The lowest BCUT2D eigenvalue weighted by atomic mass is 10.6. The number of nitrogens with one attached hydrogen (secondary N) is 2. The van der Waals surface area contributed by atoms with Gasteiger partial charge in [-0.25, -0.2) is 0 Å². The van der Waals surface area contributed by atoms with Crippen molar-refractivity contribution in [2.75, 3.05) is 0 Å². The van der Waals surface area contributed by atoms with Crippen molar-refractivity contribution in [3.63, 3.8) is 0 Å². The van der Waals surface area contributed by atoms with E-state index < -0.39 is 0 Å². The van der Waals surface area contributed by atoms with Gasteiger partial charge < -0.3 is 18.8 Å². The van der Waals surface area contributed by atoms with Crippen LogP contribution in [-0.2, 0) is 0 Å². The van der Waals surface area contributed by atoms with Crippen molar-refractivity contribution in [1.82, 2.24) is 9.97 Å². The molecule has 0 saturated heterocycles. The van der Waals surface area contributed by atoms with E-state index in [1.54, 1.807) is 12.4 Å². The van der Waals surface area contributed by atoms with E-state index in [0.29, 0.717) is 9.67 Å². The van der Waals surface area contributed by atoms with Crippen molar-refractivity contribution < 1.29 is 8.83 Å². The van der Waals surface area contributed by atoms with E-state index in [-0.39, 0.29) is 0 Å². The second-order valence-corrected chi connectivity index (χ2v) is 3.32. The number of hydrogen-bond acceptors (Lipinski definition) is 4. The minimum absolute atomic E-state index is 0.442. The van der Waals surface area contributed by atoms with E-state index in [1.807, 2.05) is 13.8 Å². The number of aromatic nitrogens is 2. The molecular formula is C8H10N2O2S2. The molecule has 0 aliphatic rings. The van der Waals surface area contributed by atoms with Crippen LogP contribution in [0.5, 0.6) is 0 Å². The summed E-state index contributed by atoms with van der Waals surface area (Å²) in [5, 5.41) is 0. The van der Waals surface area contributed by atoms with Crippen LogP contribution in [0.25, 0.3) is 0 Å². The second kappa shape index (κ2) is 4.92. The van der Waals surface area contributed by atoms with E-state index >= 15 is 0 Å². The lowest BCUT2D eigenvalue weighted by molar-refractivity contribution is 0.511. The SMILES string of the molecule is Cc1c[nH]c(=S)o1.Cc1c[nH]c(=S)o1. The highest BCUT2D eigenvalue weighted by Gasteiger charge is 1.82. The van der Waals surface area contributed by atoms with Crippen LogP contribution in [0.2, 0.25) is 0 Å². The summed E-state index contributed by atoms with van der Waals surface area (Å²) in [5.74, 6) is 1.65. The van der Waals surface area contributed by atoms with E-state index in [4.69, 9.17) is 8.83 Å². The Morgan fingerprint density at radius 3 is 1.36 bits per heavy atom. The summed E-state index contributed by atoms with van der Waals surface area (Å²) in [6.07, 6.45) is 3.45. The monoisotopic (exact) mass is 230 g/mol. The van der Waals surface area contributed by atoms with Crippen LogP contribution in [-0.4, -0.2) is 9.97 Å². The molecular weight excluding hydrogens is 220 g/mol. The number of H-pyrrole nitrogens is 2. The van der Waals surface area contributed by atoms with Crippen molar-refractivity contribution in [2.24, 2.45) is 0 Å². The van der Waals surface area contributed by atoms with Crippen LogP contribution in [0.1, 0.15) is 11.5 Å². The fraction of sp³-hybridized carbons (Fsp3) is 0.250. The molecule has 2 heterocycles. The summed E-state index contributed by atoms with van der Waals surface area (Å²) in [5.41, 5.74) is 0. The van der Waals surface area contributed by atoms with E-state index in [0.717, 1.165) is 11.5 Å². The molecule has 14 heavy (non-hydrogen) atoms. The first-order valence-electron chi connectivity index (χ1n) is 3.88. The molecule has 6 heteroatoms. The number of rotatable bonds is 0. The first kappa shape index (κ1) is 10.9. The lowest BCUT2D eigenvalue weighted by Crippen LogP contribution is -1.50. The van der Waals surface area contributed by atoms with Gasteiger partial charge in [0, 0.05) is 12.4 Å². The van der Waals surface area contributed by atoms with Gasteiger partial charge in [-0.3, -0.25) is 0 Å². The highest BCUT2D eigenvalue weighted by molar-refractivity contribution is 7.71. The second-order valence-electron chi connectivity index (χ2n) is 2.58. The van der Waals surface area contributed by atoms with Gasteiger partial charge in [0.1, 0.15) is 11.5 Å². The molecule has 0 aliphatic carbocycles. The molecule has 0 amide bonds. The van der Waals surface area contributed by atoms with Crippen LogP contribution in [0.4, 0.5) is 0 Å². The highest BCUT2D eigenvalue weighted by atomic mass is 32.1. The Bertz CT molecular complexity index is 445. The number of hydrogen-bond donors (Lipinski definition) is 2. The van der Waals surface area contributed by atoms with Gasteiger partial charge in [0.2, 0.25) is 0 Å². The molecule has 0 aliphatic heterocycles. The lowest BCUT2D eigenvalue weighted by Gasteiger charge is -1.67. The summed E-state index contributed by atoms with van der Waals surface area (Å²) in [6.45, 7) is 3.68. The largest absolute Gasteiger partial charge is 0.435 e. The quantitative estimate of drug-likeness (QED) is 0.682. The fourth-order valence-electron chi connectivity index (χ4n) is 0.731. The number of aryl methyl sites for hydroxylation is 2. The Morgan fingerprint density at radius 2 is 1.29 bits per heavy atom. The Hall–Kier alpha value is -1.14. The molecule has 4 nitrogen and oxygen atoms in total. The van der Waals surface area contributed by atoms with Crippen molar-refractivity contribution in [1.29, 1.82) is 0 Å². The smallest absolute Gasteiger partial charge is 0.266 e. The van der Waals surface area contributed by atoms with Crippen LogP contribution < -0.4 is 0 Å². The summed E-state index contributed by atoms with van der Waals surface area (Å²) in [7, 11) is 0. The van der Waals surface area contributed by atoms with Crippen LogP contribution >= 0.6 is 24.4 Å². The molecule has 0 unspecified atom stereocenters. The maximum Gasteiger partial charge on any atom is 0.266 e. The summed E-state index contributed by atoms with van der Waals surface area (Å²) in [6, 6.07) is 0. The third-order valence-electron chi connectivity index (χ3n) is 1.29. The van der Waals surface area contributed by atoms with Gasteiger partial charge in [-0.15, -0.1) is 0 Å². The van der Waals surface area contributed by atoms with Gasteiger partial charge in [0.15, 0.2) is 0 Å². The van der Waals surface area contributed by atoms with Gasteiger partial charge in [-0.05, 0) is 38.3 Å². The molecule has 0 saturated carbocycles. The fourth-order valence-corrected chi connectivity index (χ4v) is 1.11. The molecule has 2 aromatic rings. The average Bonchev–Trinajstić information content (AvgIpc) is 2.63. The van der Waals surface area contributed by atoms with Gasteiger partial charge in [-0.1, -0.05) is 0 Å². The molecule has 2 aromatic heterocycles. The highest BCUT2D eigenvalue weighted by Crippen LogP contribution is 1.93. The Kier molecular flexibility index (Phi) is 3.84. The number of aromatic amines is 2. The zero-order chi connectivity index (χ0) is 10.6. The van der Waals surface area contributed by atoms with Gasteiger partial charge >= 0.3 is 0 Å². The van der Waals surface area contributed by atoms with E-state index in [2.05, 4.69) is 34.4 Å². The molecule has 0 atom stereocenters. The maximum absolute atomic E-state index is 4.84. The minimum Gasteiger partial charge on any atom is -0.435 e. The molecule has 0 spiro atoms. The first-order chi connectivity index (χ1) is 6.58. The zero-order valence-corrected chi connectivity index (χ0v) is 9.42. The van der Waals surface area contributed by atoms with Gasteiger partial charge in [0.25, 0.3) is 9.67 Å². The predicted molar refractivity (Wildman–Crippen MR) is 57.3 cm³/mol. The number of oxazole rings is 2. The van der Waals surface area contributed by atoms with E-state index in [1.165, 1.54) is 0 Å². The molecule has 0 bridgehead atoms. The maximum atomic E-state index is 4.84. The Balaban J connectivity index is 0.000000140. The van der Waals surface area contributed by atoms with Crippen LogP contribution in [0, 0.1) is 23.5 Å². The summed E-state index contributed by atoms with van der Waals surface area (Å²) in [4.78, 5) is 6.32. The Labute approximate surface area is 91.0 Å². The molecule has 76 valence electrons. The average molecular weight is 230 g/mol. The Morgan fingerprint density at radius 1 is 0.929 bits per heavy atom. The van der Waals surface area contributed by atoms with Gasteiger partial charge in [-0.2, -0.15) is 0 Å². The van der Waals surface area contributed by atoms with Crippen LogP contribution in [0.3, 0.4) is 0 Å². The molecule has 0 aromatic carbocycles. The van der Waals surface area contributed by atoms with Crippen LogP contribution in [0.15, 0.2) is 21.2 Å². The third-order valence-corrected chi connectivity index (χ3v) is 1.70. The van der Waals surface area contributed by atoms with E-state index in [9.17, 15) is 0 Å². The molecule has 0 radical (unpaired) electrons. The third kappa shape index (κ3) is 3.71. The summed E-state index contributed by atoms with van der Waals surface area (Å²) >= 11 is 9.22. The molecule has 2 rings (SSSR count). The van der Waals surface area contributed by atoms with Crippen molar-refractivity contribution in [3.8, 4) is 0 Å². The molecule has 0 fully saturated rings. The zero-order valence-electron chi connectivity index (χ0n) is 7.79. The predicted octanol–water partition coefficient (Wildman–Crippen LogP) is 3.29. The normalized spacial score (nSPS) is 9.29. The van der Waals surface area contributed by atoms with Crippen molar-refractivity contribution in [2.45, 2.75) is 13.8 Å².